The Kier molecular flexibility index (Phi) is 6.37. The Morgan fingerprint density at radius 1 is 1.00 bits per heavy atom. The lowest BCUT2D eigenvalue weighted by atomic mass is 9.80. The molecule has 0 spiro atoms. The van der Waals surface area contributed by atoms with E-state index in [0.29, 0.717) is 18.8 Å². The van der Waals surface area contributed by atoms with Crippen molar-refractivity contribution in [2.75, 3.05) is 39.4 Å². The third kappa shape index (κ3) is 4.36. The molecule has 1 unspecified atom stereocenters. The molecule has 160 valence electrons. The Labute approximate surface area is 178 Å². The van der Waals surface area contributed by atoms with Crippen LogP contribution in [0.1, 0.15) is 37.0 Å². The van der Waals surface area contributed by atoms with Gasteiger partial charge in [0.25, 0.3) is 0 Å². The summed E-state index contributed by atoms with van der Waals surface area (Å²) in [6.45, 7) is 6.11. The number of amides is 1. The number of ether oxygens (including phenoxy) is 2. The van der Waals surface area contributed by atoms with Crippen molar-refractivity contribution in [3.05, 3.63) is 65.7 Å². The predicted molar refractivity (Wildman–Crippen MR) is 114 cm³/mol. The van der Waals surface area contributed by atoms with Crippen LogP contribution in [0.3, 0.4) is 0 Å². The van der Waals surface area contributed by atoms with E-state index in [9.17, 15) is 9.90 Å². The number of carbonyl (C=O) groups is 1. The third-order valence-electron chi connectivity index (χ3n) is 6.34. The maximum atomic E-state index is 12.5. The molecule has 6 nitrogen and oxygen atoms in total. The molecule has 4 rings (SSSR count). The highest BCUT2D eigenvalue weighted by Crippen LogP contribution is 2.39. The van der Waals surface area contributed by atoms with Crippen LogP contribution >= 0.6 is 0 Å². The van der Waals surface area contributed by atoms with Crippen LogP contribution < -0.4 is 4.74 Å². The first-order chi connectivity index (χ1) is 14.6. The lowest BCUT2D eigenvalue weighted by Gasteiger charge is -2.49. The molecule has 1 amide bonds. The molecule has 0 saturated carbocycles. The summed E-state index contributed by atoms with van der Waals surface area (Å²) < 4.78 is 11.2. The van der Waals surface area contributed by atoms with Gasteiger partial charge in [0.05, 0.1) is 11.6 Å². The third-order valence-corrected chi connectivity index (χ3v) is 6.34. The number of piperazine rings is 1. The average molecular weight is 411 g/mol. The molecule has 2 fully saturated rings. The Bertz CT molecular complexity index is 824. The van der Waals surface area contributed by atoms with E-state index in [-0.39, 0.29) is 11.6 Å². The Balaban J connectivity index is 1.45. The van der Waals surface area contributed by atoms with Crippen molar-refractivity contribution in [1.82, 2.24) is 9.80 Å². The summed E-state index contributed by atoms with van der Waals surface area (Å²) in [5, 5.41) is 9.85. The maximum absolute atomic E-state index is 12.5. The van der Waals surface area contributed by atoms with Gasteiger partial charge in [-0.2, -0.15) is 0 Å². The minimum atomic E-state index is -0.469. The number of nitrogens with zero attached hydrogens (tertiary/aromatic N) is 2. The molecule has 0 aliphatic carbocycles. The first-order valence-corrected chi connectivity index (χ1v) is 10.7. The fourth-order valence-corrected chi connectivity index (χ4v) is 4.54. The van der Waals surface area contributed by atoms with Gasteiger partial charge in [0, 0.05) is 39.4 Å². The standard InChI is InChI=1S/C24H30N2O4/c1-19(27)20-7-9-21(10-8-20)24(11-17-29-18-12-24)26-15-13-25(14-16-26)23(28)30-22-5-3-2-4-6-22/h2-10,19,27H,11-18H2,1H3. The highest BCUT2D eigenvalue weighted by Gasteiger charge is 2.41. The topological polar surface area (TPSA) is 62.2 Å². The van der Waals surface area contributed by atoms with Crippen LogP contribution in [0, 0.1) is 0 Å². The largest absolute Gasteiger partial charge is 0.415 e. The van der Waals surface area contributed by atoms with E-state index in [0.717, 1.165) is 44.7 Å². The molecule has 2 saturated heterocycles. The van der Waals surface area contributed by atoms with E-state index in [2.05, 4.69) is 17.0 Å². The van der Waals surface area contributed by atoms with Crippen molar-refractivity contribution < 1.29 is 19.4 Å². The maximum Gasteiger partial charge on any atom is 0.415 e. The van der Waals surface area contributed by atoms with Crippen molar-refractivity contribution in [2.45, 2.75) is 31.4 Å². The van der Waals surface area contributed by atoms with Crippen LogP contribution in [0.4, 0.5) is 4.79 Å². The number of hydrogen-bond donors (Lipinski definition) is 1. The molecule has 2 heterocycles. The Morgan fingerprint density at radius 2 is 1.63 bits per heavy atom. The second kappa shape index (κ2) is 9.16. The first kappa shape index (κ1) is 20.8. The van der Waals surface area contributed by atoms with Crippen LogP contribution in [0.15, 0.2) is 54.6 Å². The summed E-state index contributed by atoms with van der Waals surface area (Å²) in [5.41, 5.74) is 2.09. The molecule has 30 heavy (non-hydrogen) atoms. The van der Waals surface area contributed by atoms with Gasteiger partial charge in [0.1, 0.15) is 5.75 Å². The molecule has 1 atom stereocenters. The summed E-state index contributed by atoms with van der Waals surface area (Å²) in [7, 11) is 0. The molecule has 1 N–H and O–H groups in total. The molecule has 0 radical (unpaired) electrons. The molecule has 0 bridgehead atoms. The van der Waals surface area contributed by atoms with Gasteiger partial charge in [-0.25, -0.2) is 4.79 Å². The fraction of sp³-hybridized carbons (Fsp3) is 0.458. The fourth-order valence-electron chi connectivity index (χ4n) is 4.54. The van der Waals surface area contributed by atoms with Gasteiger partial charge >= 0.3 is 6.09 Å². The number of para-hydroxylation sites is 1. The van der Waals surface area contributed by atoms with Crippen LogP contribution in [0.25, 0.3) is 0 Å². The predicted octanol–water partition coefficient (Wildman–Crippen LogP) is 3.56. The quantitative estimate of drug-likeness (QED) is 0.835. The zero-order valence-electron chi connectivity index (χ0n) is 17.5. The normalized spacial score (nSPS) is 20.5. The highest BCUT2D eigenvalue weighted by molar-refractivity contribution is 5.70. The average Bonchev–Trinajstić information content (AvgIpc) is 2.80. The molecule has 2 aliphatic heterocycles. The minimum Gasteiger partial charge on any atom is -0.410 e. The van der Waals surface area contributed by atoms with E-state index in [1.807, 2.05) is 30.3 Å². The zero-order chi connectivity index (χ0) is 21.0. The molecular formula is C24H30N2O4. The monoisotopic (exact) mass is 410 g/mol. The summed E-state index contributed by atoms with van der Waals surface area (Å²) in [6, 6.07) is 17.5. The van der Waals surface area contributed by atoms with Crippen LogP contribution in [-0.4, -0.2) is 60.4 Å². The minimum absolute atomic E-state index is 0.0924. The molecule has 2 aromatic rings. The van der Waals surface area contributed by atoms with E-state index in [4.69, 9.17) is 9.47 Å². The van der Waals surface area contributed by atoms with Crippen LogP contribution in [0.2, 0.25) is 0 Å². The van der Waals surface area contributed by atoms with Crippen molar-refractivity contribution >= 4 is 6.09 Å². The number of aliphatic hydroxyl groups excluding tert-OH is 1. The van der Waals surface area contributed by atoms with Crippen LogP contribution in [0.5, 0.6) is 5.75 Å². The number of carbonyl (C=O) groups excluding carboxylic acids is 1. The van der Waals surface area contributed by atoms with E-state index < -0.39 is 6.10 Å². The van der Waals surface area contributed by atoms with Crippen molar-refractivity contribution in [1.29, 1.82) is 0 Å². The Morgan fingerprint density at radius 3 is 2.23 bits per heavy atom. The van der Waals surface area contributed by atoms with Crippen molar-refractivity contribution in [3.8, 4) is 5.75 Å². The lowest BCUT2D eigenvalue weighted by Crippen LogP contribution is -2.58. The second-order valence-electron chi connectivity index (χ2n) is 8.10. The van der Waals surface area contributed by atoms with Gasteiger partial charge in [-0.3, -0.25) is 4.90 Å². The van der Waals surface area contributed by atoms with Gasteiger partial charge in [-0.15, -0.1) is 0 Å². The van der Waals surface area contributed by atoms with Gasteiger partial charge in [0.15, 0.2) is 0 Å². The Hall–Kier alpha value is -2.41. The zero-order valence-corrected chi connectivity index (χ0v) is 17.5. The lowest BCUT2D eigenvalue weighted by molar-refractivity contribution is -0.0483. The number of benzene rings is 2. The van der Waals surface area contributed by atoms with Gasteiger partial charge in [-0.05, 0) is 43.0 Å². The van der Waals surface area contributed by atoms with E-state index in [1.54, 1.807) is 24.0 Å². The summed E-state index contributed by atoms with van der Waals surface area (Å²) in [4.78, 5) is 16.8. The van der Waals surface area contributed by atoms with E-state index in [1.165, 1.54) is 5.56 Å². The van der Waals surface area contributed by atoms with Gasteiger partial charge in [0.2, 0.25) is 0 Å². The first-order valence-electron chi connectivity index (χ1n) is 10.7. The summed E-state index contributed by atoms with van der Waals surface area (Å²) in [6.07, 6.45) is 1.09. The summed E-state index contributed by atoms with van der Waals surface area (Å²) in [5.74, 6) is 0.573. The highest BCUT2D eigenvalue weighted by atomic mass is 16.6. The van der Waals surface area contributed by atoms with Crippen LogP contribution in [-0.2, 0) is 10.3 Å². The molecule has 0 aromatic heterocycles. The summed E-state index contributed by atoms with van der Waals surface area (Å²) >= 11 is 0. The van der Waals surface area contributed by atoms with E-state index >= 15 is 0 Å². The number of hydrogen-bond acceptors (Lipinski definition) is 5. The SMILES string of the molecule is CC(O)c1ccc(C2(N3CCN(C(=O)Oc4ccccc4)CC3)CCOCC2)cc1. The molecule has 2 aromatic carbocycles. The molecule has 2 aliphatic rings. The number of rotatable bonds is 4. The van der Waals surface area contributed by atoms with Crippen molar-refractivity contribution in [2.24, 2.45) is 0 Å². The number of aliphatic hydroxyl groups is 1. The van der Waals surface area contributed by atoms with Gasteiger partial charge in [-0.1, -0.05) is 42.5 Å². The van der Waals surface area contributed by atoms with Crippen molar-refractivity contribution in [3.63, 3.8) is 0 Å². The smallest absolute Gasteiger partial charge is 0.410 e. The van der Waals surface area contributed by atoms with Gasteiger partial charge < -0.3 is 19.5 Å². The second-order valence-corrected chi connectivity index (χ2v) is 8.10. The molecule has 6 heteroatoms. The molecular weight excluding hydrogens is 380 g/mol.